The van der Waals surface area contributed by atoms with E-state index in [9.17, 15) is 4.79 Å². The van der Waals surface area contributed by atoms with E-state index in [1.807, 2.05) is 54.5 Å². The molecule has 0 aliphatic carbocycles. The molecule has 1 heterocycles. The van der Waals surface area contributed by atoms with Crippen molar-refractivity contribution in [3.05, 3.63) is 23.4 Å². The van der Waals surface area contributed by atoms with E-state index in [1.54, 1.807) is 17.1 Å². The van der Waals surface area contributed by atoms with E-state index in [2.05, 4.69) is 4.99 Å². The fourth-order valence-corrected chi connectivity index (χ4v) is 2.15. The Bertz CT molecular complexity index is 485. The second-order valence-electron chi connectivity index (χ2n) is 6.35. The molecule has 0 radical (unpaired) electrons. The Morgan fingerprint density at radius 1 is 1.20 bits per heavy atom. The molecule has 1 aliphatic heterocycles. The van der Waals surface area contributed by atoms with E-state index in [4.69, 9.17) is 21.1 Å². The third-order valence-electron chi connectivity index (χ3n) is 3.15. The highest BCUT2D eigenvalue weighted by molar-refractivity contribution is 6.30. The van der Waals surface area contributed by atoms with Crippen LogP contribution in [-0.4, -0.2) is 41.7 Å². The van der Waals surface area contributed by atoms with Crippen molar-refractivity contribution in [3.8, 4) is 0 Å². The summed E-state index contributed by atoms with van der Waals surface area (Å²) in [5, 5.41) is 0.393. The fraction of sp³-hybridized carbons (Fsp3) is 0.684. The van der Waals surface area contributed by atoms with Crippen LogP contribution < -0.4 is 0 Å². The van der Waals surface area contributed by atoms with Gasteiger partial charge in [-0.15, -0.1) is 0 Å². The van der Waals surface area contributed by atoms with Crippen LogP contribution in [0.3, 0.4) is 0 Å². The van der Waals surface area contributed by atoms with Crippen molar-refractivity contribution in [2.45, 2.75) is 73.0 Å². The van der Waals surface area contributed by atoms with Gasteiger partial charge in [0.2, 0.25) is 5.90 Å². The van der Waals surface area contributed by atoms with Crippen LogP contribution in [0, 0.1) is 0 Å². The Balaban J connectivity index is 0.00000277. The lowest BCUT2D eigenvalue weighted by atomic mass is 10.1. The monoisotopic (exact) mass is 372 g/mol. The number of aliphatic imine (C=N–C) groups is 1. The molecule has 1 rings (SSSR count). The van der Waals surface area contributed by atoms with Gasteiger partial charge in [0.1, 0.15) is 16.9 Å². The maximum atomic E-state index is 12.0. The van der Waals surface area contributed by atoms with Crippen LogP contribution >= 0.6 is 11.6 Å². The van der Waals surface area contributed by atoms with Crippen molar-refractivity contribution < 1.29 is 14.3 Å². The van der Waals surface area contributed by atoms with E-state index in [0.717, 1.165) is 12.8 Å². The maximum absolute atomic E-state index is 12.0. The van der Waals surface area contributed by atoms with Gasteiger partial charge in [-0.3, -0.25) is 0 Å². The summed E-state index contributed by atoms with van der Waals surface area (Å²) in [7, 11) is 0. The molecule has 25 heavy (non-hydrogen) atoms. The number of ether oxygens (including phenoxy) is 2. The standard InChI is InChI=1S/C17H27ClN2O3.C2H6/c1-6-8-15(19-14(18)7-2)22-13-9-11-20(12-10-13)16(21)23-17(3,4)5;1-2/h6-8,13H,9-12H2,1-5H3;1-2H3/b8-6-,14-7-,19-15+;. The molecule has 1 fully saturated rings. The van der Waals surface area contributed by atoms with E-state index in [0.29, 0.717) is 24.1 Å². The van der Waals surface area contributed by atoms with Crippen LogP contribution in [0.25, 0.3) is 0 Å². The number of halogens is 1. The van der Waals surface area contributed by atoms with Crippen molar-refractivity contribution in [1.29, 1.82) is 0 Å². The quantitative estimate of drug-likeness (QED) is 0.373. The Morgan fingerprint density at radius 2 is 1.76 bits per heavy atom. The lowest BCUT2D eigenvalue weighted by molar-refractivity contribution is 0.0117. The van der Waals surface area contributed by atoms with Gasteiger partial charge in [-0.2, -0.15) is 0 Å². The molecular formula is C19H33ClN2O3. The molecule has 0 saturated carbocycles. The van der Waals surface area contributed by atoms with Gasteiger partial charge in [0.25, 0.3) is 0 Å². The summed E-state index contributed by atoms with van der Waals surface area (Å²) in [6.07, 6.45) is 6.58. The number of allylic oxidation sites excluding steroid dienone is 2. The van der Waals surface area contributed by atoms with Gasteiger partial charge >= 0.3 is 6.09 Å². The molecule has 0 spiro atoms. The molecule has 0 unspecified atom stereocenters. The molecule has 0 aromatic heterocycles. The second kappa shape index (κ2) is 12.0. The summed E-state index contributed by atoms with van der Waals surface area (Å²) in [5.74, 6) is 0.492. The Labute approximate surface area is 157 Å². The zero-order valence-electron chi connectivity index (χ0n) is 16.6. The molecule has 1 saturated heterocycles. The summed E-state index contributed by atoms with van der Waals surface area (Å²) >= 11 is 5.93. The van der Waals surface area contributed by atoms with Crippen molar-refractivity contribution >= 4 is 23.6 Å². The first-order valence-corrected chi connectivity index (χ1v) is 9.30. The van der Waals surface area contributed by atoms with Crippen LogP contribution in [0.4, 0.5) is 4.79 Å². The molecule has 0 aromatic rings. The third-order valence-corrected chi connectivity index (χ3v) is 3.45. The van der Waals surface area contributed by atoms with Crippen molar-refractivity contribution in [1.82, 2.24) is 4.90 Å². The van der Waals surface area contributed by atoms with Crippen LogP contribution in [0.15, 0.2) is 28.4 Å². The van der Waals surface area contributed by atoms with Crippen LogP contribution in [0.1, 0.15) is 61.3 Å². The number of amides is 1. The topological polar surface area (TPSA) is 51.1 Å². The SMILES string of the molecule is CC.C\C=C/C(=N\C(Cl)=C/C)OC1CCN(C(=O)OC(C)(C)C)CC1. The van der Waals surface area contributed by atoms with Crippen molar-refractivity contribution in [2.75, 3.05) is 13.1 Å². The summed E-state index contributed by atoms with van der Waals surface area (Å²) in [4.78, 5) is 18.0. The summed E-state index contributed by atoms with van der Waals surface area (Å²) in [6.45, 7) is 14.5. The fourth-order valence-electron chi connectivity index (χ4n) is 2.07. The Morgan fingerprint density at radius 3 is 2.20 bits per heavy atom. The zero-order chi connectivity index (χ0) is 19.5. The lowest BCUT2D eigenvalue weighted by Crippen LogP contribution is -2.43. The van der Waals surface area contributed by atoms with Gasteiger partial charge in [0, 0.05) is 25.9 Å². The molecular weight excluding hydrogens is 340 g/mol. The van der Waals surface area contributed by atoms with Gasteiger partial charge in [-0.05, 0) is 46.8 Å². The third kappa shape index (κ3) is 10.2. The summed E-state index contributed by atoms with van der Waals surface area (Å²) in [6, 6.07) is 0. The van der Waals surface area contributed by atoms with Gasteiger partial charge in [0.05, 0.1) is 0 Å². The highest BCUT2D eigenvalue weighted by Crippen LogP contribution is 2.18. The van der Waals surface area contributed by atoms with E-state index >= 15 is 0 Å². The number of hydrogen-bond donors (Lipinski definition) is 0. The first-order chi connectivity index (χ1) is 11.7. The molecule has 1 amide bonds. The van der Waals surface area contributed by atoms with E-state index in [-0.39, 0.29) is 12.2 Å². The van der Waals surface area contributed by atoms with Crippen molar-refractivity contribution in [2.24, 2.45) is 4.99 Å². The van der Waals surface area contributed by atoms with Crippen LogP contribution in [-0.2, 0) is 9.47 Å². The number of carbonyl (C=O) groups excluding carboxylic acids is 1. The Hall–Kier alpha value is -1.49. The van der Waals surface area contributed by atoms with Crippen molar-refractivity contribution in [3.63, 3.8) is 0 Å². The number of likely N-dealkylation sites (tertiary alicyclic amines) is 1. The largest absolute Gasteiger partial charge is 0.474 e. The van der Waals surface area contributed by atoms with Crippen LogP contribution in [0.2, 0.25) is 0 Å². The minimum atomic E-state index is -0.473. The average Bonchev–Trinajstić information content (AvgIpc) is 2.56. The number of carbonyl (C=O) groups is 1. The molecule has 144 valence electrons. The second-order valence-corrected chi connectivity index (χ2v) is 6.73. The maximum Gasteiger partial charge on any atom is 0.410 e. The average molecular weight is 373 g/mol. The van der Waals surface area contributed by atoms with Gasteiger partial charge < -0.3 is 14.4 Å². The number of nitrogens with zero attached hydrogens (tertiary/aromatic N) is 2. The molecule has 6 heteroatoms. The first kappa shape index (κ1) is 23.5. The van der Waals surface area contributed by atoms with E-state index < -0.39 is 5.60 Å². The van der Waals surface area contributed by atoms with Gasteiger partial charge in [-0.25, -0.2) is 9.79 Å². The van der Waals surface area contributed by atoms with Gasteiger partial charge in [0.15, 0.2) is 0 Å². The molecule has 0 N–H and O–H groups in total. The molecule has 1 aliphatic rings. The Kier molecular flexibility index (Phi) is 11.2. The number of piperidine rings is 1. The first-order valence-electron chi connectivity index (χ1n) is 8.93. The highest BCUT2D eigenvalue weighted by atomic mass is 35.5. The molecule has 0 aromatic carbocycles. The lowest BCUT2D eigenvalue weighted by Gasteiger charge is -2.33. The minimum absolute atomic E-state index is 0.0185. The van der Waals surface area contributed by atoms with Gasteiger partial charge in [-0.1, -0.05) is 31.5 Å². The smallest absolute Gasteiger partial charge is 0.410 e. The predicted molar refractivity (Wildman–Crippen MR) is 105 cm³/mol. The highest BCUT2D eigenvalue weighted by Gasteiger charge is 2.27. The van der Waals surface area contributed by atoms with Crippen LogP contribution in [0.5, 0.6) is 0 Å². The summed E-state index contributed by atoms with van der Waals surface area (Å²) < 4.78 is 11.3. The molecule has 0 bridgehead atoms. The number of rotatable bonds is 3. The minimum Gasteiger partial charge on any atom is -0.474 e. The predicted octanol–water partition coefficient (Wildman–Crippen LogP) is 5.50. The summed E-state index contributed by atoms with van der Waals surface area (Å²) in [5.41, 5.74) is -0.473. The van der Waals surface area contributed by atoms with E-state index in [1.165, 1.54) is 0 Å². The normalized spacial score (nSPS) is 17.2. The zero-order valence-corrected chi connectivity index (χ0v) is 17.4. The molecule has 5 nitrogen and oxygen atoms in total. The number of hydrogen-bond acceptors (Lipinski definition) is 4. The molecule has 0 atom stereocenters.